The quantitative estimate of drug-likeness (QED) is 0.536. The smallest absolute Gasteiger partial charge is 0.139 e. The van der Waals surface area contributed by atoms with Crippen LogP contribution in [0.25, 0.3) is 0 Å². The highest BCUT2D eigenvalue weighted by Gasteiger charge is 2.17. The van der Waals surface area contributed by atoms with Gasteiger partial charge in [0.05, 0.1) is 18.9 Å². The van der Waals surface area contributed by atoms with Crippen LogP contribution in [0.2, 0.25) is 0 Å². The molecule has 0 radical (unpaired) electrons. The number of hydrogen-bond donors (Lipinski definition) is 2. The summed E-state index contributed by atoms with van der Waals surface area (Å²) < 4.78 is 5.28. The van der Waals surface area contributed by atoms with E-state index >= 15 is 0 Å². The molecule has 1 aliphatic heterocycles. The zero-order chi connectivity index (χ0) is 10.8. The molecule has 2 rings (SSSR count). The molecule has 82 valence electrons. The number of anilines is 2. The Morgan fingerprint density at radius 1 is 1.33 bits per heavy atom. The lowest BCUT2D eigenvalue weighted by molar-refractivity contribution is 0.122. The van der Waals surface area contributed by atoms with Crippen LogP contribution in [0.4, 0.5) is 11.4 Å². The number of morpholine rings is 1. The van der Waals surface area contributed by atoms with E-state index < -0.39 is 0 Å². The molecular weight excluding hydrogens is 192 g/mol. The topological polar surface area (TPSA) is 58.7 Å². The highest BCUT2D eigenvalue weighted by molar-refractivity contribution is 5.71. The van der Waals surface area contributed by atoms with E-state index in [1.54, 1.807) is 12.1 Å². The van der Waals surface area contributed by atoms with E-state index in [0.717, 1.165) is 24.3 Å². The van der Waals surface area contributed by atoms with Gasteiger partial charge in [-0.05, 0) is 24.6 Å². The number of nitrogen functional groups attached to an aromatic ring is 1. The fourth-order valence-electron chi connectivity index (χ4n) is 1.89. The van der Waals surface area contributed by atoms with Gasteiger partial charge in [-0.1, -0.05) is 0 Å². The van der Waals surface area contributed by atoms with Gasteiger partial charge in [-0.25, -0.2) is 0 Å². The second-order valence-corrected chi connectivity index (χ2v) is 3.75. The lowest BCUT2D eigenvalue weighted by atomic mass is 10.1. The summed E-state index contributed by atoms with van der Waals surface area (Å²) >= 11 is 0. The summed E-state index contributed by atoms with van der Waals surface area (Å²) in [6, 6.07) is 3.38. The van der Waals surface area contributed by atoms with Gasteiger partial charge in [-0.2, -0.15) is 0 Å². The average Bonchev–Trinajstić information content (AvgIpc) is 2.26. The third-order valence-corrected chi connectivity index (χ3v) is 2.78. The molecule has 0 aromatic heterocycles. The van der Waals surface area contributed by atoms with Crippen LogP contribution in [0.5, 0.6) is 5.75 Å². The van der Waals surface area contributed by atoms with Crippen LogP contribution in [0.3, 0.4) is 0 Å². The summed E-state index contributed by atoms with van der Waals surface area (Å²) in [4.78, 5) is 2.12. The summed E-state index contributed by atoms with van der Waals surface area (Å²) in [5.74, 6) is 0.295. The van der Waals surface area contributed by atoms with Crippen LogP contribution in [-0.2, 0) is 4.74 Å². The first-order chi connectivity index (χ1) is 7.20. The Hall–Kier alpha value is -1.42. The Balaban J connectivity index is 2.36. The molecule has 1 aromatic carbocycles. The maximum absolute atomic E-state index is 9.83. The summed E-state index contributed by atoms with van der Waals surface area (Å²) in [5.41, 5.74) is 8.33. The Kier molecular flexibility index (Phi) is 2.68. The van der Waals surface area contributed by atoms with Gasteiger partial charge in [0, 0.05) is 18.8 Å². The number of nitrogens with zero attached hydrogens (tertiary/aromatic N) is 1. The van der Waals surface area contributed by atoms with Gasteiger partial charge in [-0.3, -0.25) is 0 Å². The number of phenols is 1. The fourth-order valence-corrected chi connectivity index (χ4v) is 1.89. The van der Waals surface area contributed by atoms with Gasteiger partial charge in [0.2, 0.25) is 0 Å². The zero-order valence-electron chi connectivity index (χ0n) is 8.86. The first-order valence-corrected chi connectivity index (χ1v) is 5.11. The zero-order valence-corrected chi connectivity index (χ0v) is 8.86. The Labute approximate surface area is 89.3 Å². The van der Waals surface area contributed by atoms with Crippen LogP contribution in [0.15, 0.2) is 12.1 Å². The van der Waals surface area contributed by atoms with Crippen molar-refractivity contribution in [3.8, 4) is 5.75 Å². The Bertz CT molecular complexity index is 360. The first-order valence-electron chi connectivity index (χ1n) is 5.11. The van der Waals surface area contributed by atoms with Crippen LogP contribution in [-0.4, -0.2) is 31.4 Å². The number of nitrogens with two attached hydrogens (primary N) is 1. The van der Waals surface area contributed by atoms with Crippen molar-refractivity contribution in [1.29, 1.82) is 0 Å². The van der Waals surface area contributed by atoms with Crippen molar-refractivity contribution in [3.05, 3.63) is 17.7 Å². The summed E-state index contributed by atoms with van der Waals surface area (Å²) in [5, 5.41) is 9.83. The van der Waals surface area contributed by atoms with E-state index in [1.165, 1.54) is 0 Å². The average molecular weight is 208 g/mol. The normalized spacial score (nSPS) is 16.7. The maximum Gasteiger partial charge on any atom is 0.139 e. The molecule has 1 aliphatic rings. The Morgan fingerprint density at radius 3 is 2.67 bits per heavy atom. The van der Waals surface area contributed by atoms with Crippen LogP contribution >= 0.6 is 0 Å². The molecule has 4 nitrogen and oxygen atoms in total. The van der Waals surface area contributed by atoms with Gasteiger partial charge >= 0.3 is 0 Å². The van der Waals surface area contributed by atoms with E-state index in [0.29, 0.717) is 24.7 Å². The molecule has 1 heterocycles. The molecule has 0 unspecified atom stereocenters. The van der Waals surface area contributed by atoms with Gasteiger partial charge in [0.1, 0.15) is 5.75 Å². The molecule has 1 fully saturated rings. The van der Waals surface area contributed by atoms with Gasteiger partial charge in [0.25, 0.3) is 0 Å². The van der Waals surface area contributed by atoms with E-state index in [4.69, 9.17) is 10.5 Å². The molecule has 0 amide bonds. The number of benzene rings is 1. The van der Waals surface area contributed by atoms with Crippen molar-refractivity contribution in [2.75, 3.05) is 36.9 Å². The highest BCUT2D eigenvalue weighted by atomic mass is 16.5. The monoisotopic (exact) mass is 208 g/mol. The van der Waals surface area contributed by atoms with Gasteiger partial charge < -0.3 is 20.5 Å². The molecular formula is C11H16N2O2. The number of rotatable bonds is 1. The van der Waals surface area contributed by atoms with Crippen molar-refractivity contribution in [2.24, 2.45) is 0 Å². The SMILES string of the molecule is Cc1c(N)ccc(O)c1N1CCOCC1. The second-order valence-electron chi connectivity index (χ2n) is 3.75. The molecule has 1 aromatic rings. The number of aromatic hydroxyl groups is 1. The van der Waals surface area contributed by atoms with Crippen molar-refractivity contribution < 1.29 is 9.84 Å². The molecule has 1 saturated heterocycles. The lowest BCUT2D eigenvalue weighted by Crippen LogP contribution is -2.36. The fraction of sp³-hybridized carbons (Fsp3) is 0.455. The Morgan fingerprint density at radius 2 is 2.00 bits per heavy atom. The van der Waals surface area contributed by atoms with Crippen molar-refractivity contribution in [3.63, 3.8) is 0 Å². The lowest BCUT2D eigenvalue weighted by Gasteiger charge is -2.31. The van der Waals surface area contributed by atoms with E-state index in [2.05, 4.69) is 4.90 Å². The summed E-state index contributed by atoms with van der Waals surface area (Å²) in [7, 11) is 0. The minimum absolute atomic E-state index is 0.295. The van der Waals surface area contributed by atoms with Crippen molar-refractivity contribution >= 4 is 11.4 Å². The molecule has 0 saturated carbocycles. The van der Waals surface area contributed by atoms with Crippen LogP contribution in [0, 0.1) is 6.92 Å². The largest absolute Gasteiger partial charge is 0.506 e. The van der Waals surface area contributed by atoms with Gasteiger partial charge in [0.15, 0.2) is 0 Å². The summed E-state index contributed by atoms with van der Waals surface area (Å²) in [6.07, 6.45) is 0. The van der Waals surface area contributed by atoms with Gasteiger partial charge in [-0.15, -0.1) is 0 Å². The standard InChI is InChI=1S/C11H16N2O2/c1-8-9(12)2-3-10(14)11(8)13-4-6-15-7-5-13/h2-3,14H,4-7,12H2,1H3. The number of phenolic OH excluding ortho intramolecular Hbond substituents is 1. The summed E-state index contributed by atoms with van der Waals surface area (Å²) in [6.45, 7) is 4.94. The first kappa shape index (κ1) is 10.1. The van der Waals surface area contributed by atoms with E-state index in [9.17, 15) is 5.11 Å². The molecule has 15 heavy (non-hydrogen) atoms. The third kappa shape index (κ3) is 1.85. The minimum atomic E-state index is 0.295. The van der Waals surface area contributed by atoms with Crippen LogP contribution in [0.1, 0.15) is 5.56 Å². The predicted octanol–water partition coefficient (Wildman–Crippen LogP) is 1.12. The molecule has 0 atom stereocenters. The van der Waals surface area contributed by atoms with Crippen LogP contribution < -0.4 is 10.6 Å². The number of ether oxygens (including phenoxy) is 1. The minimum Gasteiger partial charge on any atom is -0.506 e. The molecule has 0 spiro atoms. The molecule has 0 bridgehead atoms. The third-order valence-electron chi connectivity index (χ3n) is 2.78. The van der Waals surface area contributed by atoms with Crippen molar-refractivity contribution in [2.45, 2.75) is 6.92 Å². The second kappa shape index (κ2) is 3.98. The molecule has 3 N–H and O–H groups in total. The predicted molar refractivity (Wildman–Crippen MR) is 60.3 cm³/mol. The van der Waals surface area contributed by atoms with E-state index in [1.807, 2.05) is 6.92 Å². The maximum atomic E-state index is 9.83. The van der Waals surface area contributed by atoms with E-state index in [-0.39, 0.29) is 0 Å². The number of hydrogen-bond acceptors (Lipinski definition) is 4. The molecule has 4 heteroatoms. The highest BCUT2D eigenvalue weighted by Crippen LogP contribution is 2.34. The molecule has 0 aliphatic carbocycles. The van der Waals surface area contributed by atoms with Crippen molar-refractivity contribution in [1.82, 2.24) is 0 Å².